The fraction of sp³-hybridized carbons (Fsp3) is 0.111. The van der Waals surface area contributed by atoms with E-state index in [-0.39, 0.29) is 5.56 Å². The fourth-order valence-electron chi connectivity index (χ4n) is 1.38. The van der Waals surface area contributed by atoms with Gasteiger partial charge in [0.05, 0.1) is 5.56 Å². The molecule has 0 radical (unpaired) electrons. The number of hydrogen-bond donors (Lipinski definition) is 1. The predicted molar refractivity (Wildman–Crippen MR) is 52.7 cm³/mol. The number of aromatic carboxylic acids is 1. The summed E-state index contributed by atoms with van der Waals surface area (Å²) in [6, 6.07) is 3.09. The van der Waals surface area contributed by atoms with Crippen molar-refractivity contribution in [2.45, 2.75) is 0 Å². The van der Waals surface area contributed by atoms with Gasteiger partial charge < -0.3 is 5.11 Å². The average Bonchev–Trinajstić information content (AvgIpc) is 2.42. The molecular formula is C9H7ClN2O2. The zero-order chi connectivity index (χ0) is 10.3. The van der Waals surface area contributed by atoms with E-state index in [1.165, 1.54) is 6.07 Å². The van der Waals surface area contributed by atoms with Crippen LogP contribution >= 0.6 is 11.6 Å². The monoisotopic (exact) mass is 210 g/mol. The molecule has 0 saturated heterocycles. The highest BCUT2D eigenvalue weighted by molar-refractivity contribution is 6.32. The first-order valence-electron chi connectivity index (χ1n) is 3.94. The van der Waals surface area contributed by atoms with Gasteiger partial charge in [-0.1, -0.05) is 11.6 Å². The maximum atomic E-state index is 10.9. The van der Waals surface area contributed by atoms with Crippen LogP contribution < -0.4 is 0 Å². The number of hydrogen-bond acceptors (Lipinski definition) is 2. The Kier molecular flexibility index (Phi) is 1.93. The van der Waals surface area contributed by atoms with Crippen molar-refractivity contribution in [3.05, 3.63) is 28.9 Å². The minimum atomic E-state index is -1.02. The van der Waals surface area contributed by atoms with E-state index in [4.69, 9.17) is 16.7 Å². The standard InChI is InChI=1S/C9H7ClN2O2/c1-12-4-5-2-6(10)3-7(9(13)14)8(5)11-12/h2-4H,1H3,(H,13,14). The van der Waals surface area contributed by atoms with E-state index in [0.29, 0.717) is 10.5 Å². The molecule has 0 amide bonds. The molecule has 1 aromatic heterocycles. The number of rotatable bonds is 1. The third-order valence-electron chi connectivity index (χ3n) is 1.92. The van der Waals surface area contributed by atoms with Crippen molar-refractivity contribution >= 4 is 28.5 Å². The number of aromatic nitrogens is 2. The highest BCUT2D eigenvalue weighted by atomic mass is 35.5. The quantitative estimate of drug-likeness (QED) is 0.783. The van der Waals surface area contributed by atoms with Gasteiger partial charge in [-0.15, -0.1) is 0 Å². The van der Waals surface area contributed by atoms with Crippen LogP contribution in [0, 0.1) is 0 Å². The molecule has 5 heteroatoms. The second-order valence-corrected chi connectivity index (χ2v) is 3.44. The van der Waals surface area contributed by atoms with Gasteiger partial charge in [0, 0.05) is 23.7 Å². The molecule has 0 atom stereocenters. The van der Waals surface area contributed by atoms with Crippen molar-refractivity contribution in [1.82, 2.24) is 9.78 Å². The Labute approximate surface area is 84.7 Å². The minimum absolute atomic E-state index is 0.133. The van der Waals surface area contributed by atoms with Crippen LogP contribution in [0.4, 0.5) is 0 Å². The normalized spacial score (nSPS) is 10.7. The Bertz CT molecular complexity index is 519. The molecule has 0 unspecified atom stereocenters. The first kappa shape index (κ1) is 9.02. The van der Waals surface area contributed by atoms with Crippen molar-refractivity contribution in [3.8, 4) is 0 Å². The maximum absolute atomic E-state index is 10.9. The zero-order valence-corrected chi connectivity index (χ0v) is 8.12. The van der Waals surface area contributed by atoms with E-state index < -0.39 is 5.97 Å². The van der Waals surface area contributed by atoms with Crippen LogP contribution in [-0.2, 0) is 7.05 Å². The molecule has 1 heterocycles. The molecular weight excluding hydrogens is 204 g/mol. The van der Waals surface area contributed by atoms with E-state index in [9.17, 15) is 4.79 Å². The summed E-state index contributed by atoms with van der Waals surface area (Å²) in [5.41, 5.74) is 0.595. The molecule has 0 aliphatic carbocycles. The van der Waals surface area contributed by atoms with E-state index in [0.717, 1.165) is 5.39 Å². The Morgan fingerprint density at radius 3 is 2.93 bits per heavy atom. The van der Waals surface area contributed by atoms with Gasteiger partial charge in [0.25, 0.3) is 0 Å². The van der Waals surface area contributed by atoms with Crippen molar-refractivity contribution in [1.29, 1.82) is 0 Å². The summed E-state index contributed by atoms with van der Waals surface area (Å²) in [6.45, 7) is 0. The molecule has 4 nitrogen and oxygen atoms in total. The summed E-state index contributed by atoms with van der Waals surface area (Å²) >= 11 is 5.78. The predicted octanol–water partition coefficient (Wildman–Crippen LogP) is 1.92. The van der Waals surface area contributed by atoms with Gasteiger partial charge in [0.2, 0.25) is 0 Å². The lowest BCUT2D eigenvalue weighted by atomic mass is 10.1. The van der Waals surface area contributed by atoms with Crippen LogP contribution in [0.15, 0.2) is 18.3 Å². The van der Waals surface area contributed by atoms with Crippen molar-refractivity contribution in [3.63, 3.8) is 0 Å². The summed E-state index contributed by atoms with van der Waals surface area (Å²) < 4.78 is 1.56. The van der Waals surface area contributed by atoms with Crippen LogP contribution in [0.5, 0.6) is 0 Å². The summed E-state index contributed by atoms with van der Waals surface area (Å²) in [5, 5.41) is 14.1. The lowest BCUT2D eigenvalue weighted by Gasteiger charge is -1.96. The van der Waals surface area contributed by atoms with Crippen molar-refractivity contribution in [2.24, 2.45) is 7.05 Å². The largest absolute Gasteiger partial charge is 0.478 e. The Balaban J connectivity index is 2.85. The zero-order valence-electron chi connectivity index (χ0n) is 7.36. The number of halogens is 1. The third-order valence-corrected chi connectivity index (χ3v) is 2.14. The second kappa shape index (κ2) is 2.99. The van der Waals surface area contributed by atoms with Crippen LogP contribution in [0.3, 0.4) is 0 Å². The van der Waals surface area contributed by atoms with E-state index in [1.807, 2.05) is 0 Å². The van der Waals surface area contributed by atoms with Crippen LogP contribution in [0.25, 0.3) is 10.9 Å². The van der Waals surface area contributed by atoms with Crippen molar-refractivity contribution in [2.75, 3.05) is 0 Å². The van der Waals surface area contributed by atoms with Gasteiger partial charge in [-0.25, -0.2) is 4.79 Å². The fourth-order valence-corrected chi connectivity index (χ4v) is 1.61. The summed E-state index contributed by atoms with van der Waals surface area (Å²) in [5.74, 6) is -1.02. The van der Waals surface area contributed by atoms with Gasteiger partial charge in [0.15, 0.2) is 0 Å². The summed E-state index contributed by atoms with van der Waals surface area (Å²) in [7, 11) is 1.74. The number of fused-ring (bicyclic) bond motifs is 1. The van der Waals surface area contributed by atoms with E-state index in [1.54, 1.807) is 24.0 Å². The Hall–Kier alpha value is -1.55. The second-order valence-electron chi connectivity index (χ2n) is 3.00. The molecule has 0 bridgehead atoms. The molecule has 0 aliphatic rings. The molecule has 0 spiro atoms. The number of carboxylic acids is 1. The highest BCUT2D eigenvalue weighted by Gasteiger charge is 2.12. The minimum Gasteiger partial charge on any atom is -0.478 e. The SMILES string of the molecule is Cn1cc2cc(Cl)cc(C(=O)O)c2n1. The smallest absolute Gasteiger partial charge is 0.338 e. The molecule has 72 valence electrons. The molecule has 14 heavy (non-hydrogen) atoms. The summed E-state index contributed by atoms with van der Waals surface area (Å²) in [4.78, 5) is 10.9. The van der Waals surface area contributed by atoms with Crippen LogP contribution in [0.1, 0.15) is 10.4 Å². The van der Waals surface area contributed by atoms with Gasteiger partial charge in [0.1, 0.15) is 5.52 Å². The lowest BCUT2D eigenvalue weighted by Crippen LogP contribution is -1.98. The lowest BCUT2D eigenvalue weighted by molar-refractivity contribution is 0.0699. The van der Waals surface area contributed by atoms with E-state index in [2.05, 4.69) is 5.10 Å². The maximum Gasteiger partial charge on any atom is 0.338 e. The first-order valence-corrected chi connectivity index (χ1v) is 4.32. The Morgan fingerprint density at radius 1 is 1.57 bits per heavy atom. The molecule has 1 N–H and O–H groups in total. The number of aryl methyl sites for hydroxylation is 1. The van der Waals surface area contributed by atoms with Gasteiger partial charge >= 0.3 is 5.97 Å². The topological polar surface area (TPSA) is 55.1 Å². The molecule has 0 fully saturated rings. The molecule has 1 aromatic carbocycles. The first-order chi connectivity index (χ1) is 6.58. The Morgan fingerprint density at radius 2 is 2.29 bits per heavy atom. The van der Waals surface area contributed by atoms with Gasteiger partial charge in [-0.3, -0.25) is 4.68 Å². The molecule has 0 saturated carbocycles. The third kappa shape index (κ3) is 1.33. The highest BCUT2D eigenvalue weighted by Crippen LogP contribution is 2.22. The number of benzene rings is 1. The molecule has 2 rings (SSSR count). The van der Waals surface area contributed by atoms with Crippen LogP contribution in [0.2, 0.25) is 5.02 Å². The van der Waals surface area contributed by atoms with Crippen LogP contribution in [-0.4, -0.2) is 20.9 Å². The molecule has 2 aromatic rings. The molecule has 0 aliphatic heterocycles. The number of nitrogens with zero attached hydrogens (tertiary/aromatic N) is 2. The number of carboxylic acid groups (broad SMARTS) is 1. The van der Waals surface area contributed by atoms with Gasteiger partial charge in [-0.2, -0.15) is 5.10 Å². The van der Waals surface area contributed by atoms with Gasteiger partial charge in [-0.05, 0) is 12.1 Å². The van der Waals surface area contributed by atoms with Crippen molar-refractivity contribution < 1.29 is 9.90 Å². The average molecular weight is 211 g/mol. The summed E-state index contributed by atoms with van der Waals surface area (Å²) in [6.07, 6.45) is 1.73. The van der Waals surface area contributed by atoms with E-state index >= 15 is 0 Å². The number of carbonyl (C=O) groups is 1.